The van der Waals surface area contributed by atoms with E-state index in [1.165, 1.54) is 12.3 Å². The lowest BCUT2D eigenvalue weighted by Crippen LogP contribution is -2.39. The number of hydrogen-bond donors (Lipinski definition) is 1. The molecule has 1 aliphatic rings. The number of pyridine rings is 1. The van der Waals surface area contributed by atoms with Gasteiger partial charge in [-0.3, -0.25) is 9.78 Å². The molecule has 1 amide bonds. The van der Waals surface area contributed by atoms with Gasteiger partial charge in [0.25, 0.3) is 5.91 Å². The summed E-state index contributed by atoms with van der Waals surface area (Å²) in [7, 11) is 0. The minimum absolute atomic E-state index is 0.116. The van der Waals surface area contributed by atoms with Gasteiger partial charge in [-0.2, -0.15) is 0 Å². The molecule has 0 aromatic carbocycles. The molecule has 104 valence electrons. The standard InChI is InChI=1S/C14H20FN3O/c1-2-18(10-11-3-6-16-7-4-11)14(19)12-5-8-17-9-13(12)15/h5,8-9,11,16H,2-4,6-7,10H2,1H3. The molecule has 1 fully saturated rings. The zero-order valence-corrected chi connectivity index (χ0v) is 11.2. The van der Waals surface area contributed by atoms with Gasteiger partial charge in [0.2, 0.25) is 0 Å². The highest BCUT2D eigenvalue weighted by Gasteiger charge is 2.22. The molecule has 0 unspecified atom stereocenters. The van der Waals surface area contributed by atoms with Crippen LogP contribution in [0.2, 0.25) is 0 Å². The van der Waals surface area contributed by atoms with Crippen LogP contribution in [-0.2, 0) is 0 Å². The van der Waals surface area contributed by atoms with E-state index >= 15 is 0 Å². The number of piperidine rings is 1. The van der Waals surface area contributed by atoms with Crippen LogP contribution < -0.4 is 5.32 Å². The normalized spacial score (nSPS) is 16.3. The quantitative estimate of drug-likeness (QED) is 0.901. The molecule has 5 heteroatoms. The van der Waals surface area contributed by atoms with Gasteiger partial charge in [0.1, 0.15) is 0 Å². The highest BCUT2D eigenvalue weighted by atomic mass is 19.1. The predicted octanol–water partition coefficient (Wildman–Crippen LogP) is 1.68. The van der Waals surface area contributed by atoms with Gasteiger partial charge in [0.15, 0.2) is 5.82 Å². The van der Waals surface area contributed by atoms with E-state index < -0.39 is 5.82 Å². The minimum atomic E-state index is -0.545. The van der Waals surface area contributed by atoms with E-state index in [-0.39, 0.29) is 11.5 Å². The third-order valence-electron chi connectivity index (χ3n) is 3.61. The van der Waals surface area contributed by atoms with Crippen LogP contribution >= 0.6 is 0 Å². The number of nitrogens with one attached hydrogen (secondary N) is 1. The Kier molecular flexibility index (Phi) is 4.85. The molecule has 2 heterocycles. The summed E-state index contributed by atoms with van der Waals surface area (Å²) in [5.74, 6) is -0.271. The Morgan fingerprint density at radius 1 is 1.53 bits per heavy atom. The minimum Gasteiger partial charge on any atom is -0.339 e. The summed E-state index contributed by atoms with van der Waals surface area (Å²) in [4.78, 5) is 17.7. The highest BCUT2D eigenvalue weighted by Crippen LogP contribution is 2.16. The molecule has 0 saturated carbocycles. The Balaban J connectivity index is 2.04. The molecule has 1 aromatic rings. The van der Waals surface area contributed by atoms with E-state index in [1.807, 2.05) is 6.92 Å². The number of rotatable bonds is 4. The first-order valence-electron chi connectivity index (χ1n) is 6.82. The number of amides is 1. The van der Waals surface area contributed by atoms with Crippen molar-refractivity contribution < 1.29 is 9.18 Å². The molecule has 1 aromatic heterocycles. The maximum absolute atomic E-state index is 13.6. The van der Waals surface area contributed by atoms with Crippen LogP contribution in [0.5, 0.6) is 0 Å². The highest BCUT2D eigenvalue weighted by molar-refractivity contribution is 5.94. The predicted molar refractivity (Wildman–Crippen MR) is 71.4 cm³/mol. The first kappa shape index (κ1) is 13.9. The van der Waals surface area contributed by atoms with Gasteiger partial charge in [-0.05, 0) is 44.8 Å². The molecule has 0 radical (unpaired) electrons. The summed E-state index contributed by atoms with van der Waals surface area (Å²) in [5.41, 5.74) is 0.116. The van der Waals surface area contributed by atoms with Crippen molar-refractivity contribution >= 4 is 5.91 Å². The molecule has 1 saturated heterocycles. The van der Waals surface area contributed by atoms with Crippen molar-refractivity contribution in [1.82, 2.24) is 15.2 Å². The maximum atomic E-state index is 13.6. The average Bonchev–Trinajstić information content (AvgIpc) is 2.46. The van der Waals surface area contributed by atoms with E-state index in [2.05, 4.69) is 10.3 Å². The summed E-state index contributed by atoms with van der Waals surface area (Å²) in [6, 6.07) is 1.45. The molecule has 0 spiro atoms. The van der Waals surface area contributed by atoms with E-state index in [0.717, 1.165) is 32.1 Å². The van der Waals surface area contributed by atoms with Crippen LogP contribution in [0.15, 0.2) is 18.5 Å². The second-order valence-electron chi connectivity index (χ2n) is 4.89. The summed E-state index contributed by atoms with van der Waals surface area (Å²) < 4.78 is 13.6. The molecule has 0 bridgehead atoms. The Bertz CT molecular complexity index is 432. The number of carbonyl (C=O) groups is 1. The SMILES string of the molecule is CCN(CC1CCNCC1)C(=O)c1ccncc1F. The lowest BCUT2D eigenvalue weighted by molar-refractivity contribution is 0.0722. The van der Waals surface area contributed by atoms with Gasteiger partial charge in [0.05, 0.1) is 11.8 Å². The topological polar surface area (TPSA) is 45.2 Å². The van der Waals surface area contributed by atoms with Crippen LogP contribution in [0, 0.1) is 11.7 Å². The number of carbonyl (C=O) groups excluding carboxylic acids is 1. The van der Waals surface area contributed by atoms with E-state index in [4.69, 9.17) is 0 Å². The van der Waals surface area contributed by atoms with E-state index in [0.29, 0.717) is 19.0 Å². The van der Waals surface area contributed by atoms with Crippen molar-refractivity contribution in [2.24, 2.45) is 5.92 Å². The van der Waals surface area contributed by atoms with Crippen LogP contribution in [-0.4, -0.2) is 42.0 Å². The third kappa shape index (κ3) is 3.50. The zero-order valence-electron chi connectivity index (χ0n) is 11.2. The first-order valence-corrected chi connectivity index (χ1v) is 6.82. The van der Waals surface area contributed by atoms with E-state index in [1.54, 1.807) is 4.90 Å². The second-order valence-corrected chi connectivity index (χ2v) is 4.89. The monoisotopic (exact) mass is 265 g/mol. The summed E-state index contributed by atoms with van der Waals surface area (Å²) in [6.07, 6.45) is 4.69. The summed E-state index contributed by atoms with van der Waals surface area (Å²) in [5, 5.41) is 3.30. The van der Waals surface area contributed by atoms with Gasteiger partial charge >= 0.3 is 0 Å². The number of hydrogen-bond acceptors (Lipinski definition) is 3. The van der Waals surface area contributed by atoms with Gasteiger partial charge in [0, 0.05) is 19.3 Å². The molecule has 1 aliphatic heterocycles. The molecule has 1 N–H and O–H groups in total. The Hall–Kier alpha value is -1.49. The fraction of sp³-hybridized carbons (Fsp3) is 0.571. The van der Waals surface area contributed by atoms with Gasteiger partial charge in [-0.15, -0.1) is 0 Å². The fourth-order valence-corrected chi connectivity index (χ4v) is 2.45. The van der Waals surface area contributed by atoms with Gasteiger partial charge < -0.3 is 10.2 Å². The van der Waals surface area contributed by atoms with Crippen LogP contribution in [0.1, 0.15) is 30.1 Å². The van der Waals surface area contributed by atoms with Crippen LogP contribution in [0.3, 0.4) is 0 Å². The molecule has 4 nitrogen and oxygen atoms in total. The maximum Gasteiger partial charge on any atom is 0.256 e. The largest absolute Gasteiger partial charge is 0.339 e. The zero-order chi connectivity index (χ0) is 13.7. The smallest absolute Gasteiger partial charge is 0.256 e. The van der Waals surface area contributed by atoms with Crippen LogP contribution in [0.4, 0.5) is 4.39 Å². The van der Waals surface area contributed by atoms with Crippen molar-refractivity contribution in [2.75, 3.05) is 26.2 Å². The fourth-order valence-electron chi connectivity index (χ4n) is 2.45. The molecule has 0 aliphatic carbocycles. The molecular weight excluding hydrogens is 245 g/mol. The van der Waals surface area contributed by atoms with Gasteiger partial charge in [-0.25, -0.2) is 4.39 Å². The van der Waals surface area contributed by atoms with Crippen molar-refractivity contribution in [3.05, 3.63) is 29.8 Å². The second kappa shape index (κ2) is 6.61. The first-order chi connectivity index (χ1) is 9.22. The number of halogens is 1. The number of aromatic nitrogens is 1. The Morgan fingerprint density at radius 3 is 2.89 bits per heavy atom. The van der Waals surface area contributed by atoms with Gasteiger partial charge in [-0.1, -0.05) is 0 Å². The third-order valence-corrected chi connectivity index (χ3v) is 3.61. The summed E-state index contributed by atoms with van der Waals surface area (Å²) in [6.45, 7) is 5.24. The van der Waals surface area contributed by atoms with E-state index in [9.17, 15) is 9.18 Å². The lowest BCUT2D eigenvalue weighted by Gasteiger charge is -2.29. The van der Waals surface area contributed by atoms with Crippen molar-refractivity contribution in [2.45, 2.75) is 19.8 Å². The van der Waals surface area contributed by atoms with Crippen molar-refractivity contribution in [3.8, 4) is 0 Å². The lowest BCUT2D eigenvalue weighted by atomic mass is 9.97. The molecule has 0 atom stereocenters. The van der Waals surface area contributed by atoms with Crippen LogP contribution in [0.25, 0.3) is 0 Å². The van der Waals surface area contributed by atoms with Crippen molar-refractivity contribution in [3.63, 3.8) is 0 Å². The Labute approximate surface area is 113 Å². The average molecular weight is 265 g/mol. The molecule has 2 rings (SSSR count). The summed E-state index contributed by atoms with van der Waals surface area (Å²) >= 11 is 0. The molecule has 19 heavy (non-hydrogen) atoms. The number of nitrogens with zero attached hydrogens (tertiary/aromatic N) is 2. The molecular formula is C14H20FN3O. The van der Waals surface area contributed by atoms with Crippen molar-refractivity contribution in [1.29, 1.82) is 0 Å². The Morgan fingerprint density at radius 2 is 2.26 bits per heavy atom.